The third-order valence-corrected chi connectivity index (χ3v) is 5.84. The van der Waals surface area contributed by atoms with Crippen LogP contribution in [0, 0.1) is 20.2 Å². The number of alkyl halides is 1. The van der Waals surface area contributed by atoms with E-state index in [1.54, 1.807) is 24.3 Å². The van der Waals surface area contributed by atoms with Gasteiger partial charge in [0.05, 0.1) is 122 Å². The molecule has 0 aliphatic carbocycles. The maximum atomic E-state index is 10.5. The predicted molar refractivity (Wildman–Crippen MR) is 171 cm³/mol. The number of nitro benzene ring substituents is 2. The Morgan fingerprint density at radius 3 is 1.04 bits per heavy atom. The second-order valence-corrected chi connectivity index (χ2v) is 9.83. The summed E-state index contributed by atoms with van der Waals surface area (Å²) >= 11 is 3.27. The highest BCUT2D eigenvalue weighted by Crippen LogP contribution is 2.13. The van der Waals surface area contributed by atoms with Crippen LogP contribution in [0.5, 0.6) is 0 Å². The summed E-state index contributed by atoms with van der Waals surface area (Å²) < 4.78 is 42.4. The summed E-state index contributed by atoms with van der Waals surface area (Å²) in [6.07, 6.45) is 0. The van der Waals surface area contributed by atoms with Crippen molar-refractivity contribution < 1.29 is 52.8 Å². The van der Waals surface area contributed by atoms with Gasteiger partial charge < -0.3 is 43.0 Å². The molecule has 2 rings (SSSR count). The van der Waals surface area contributed by atoms with Crippen molar-refractivity contribution in [2.45, 2.75) is 13.2 Å². The van der Waals surface area contributed by atoms with Crippen LogP contribution in [0.25, 0.3) is 0 Å². The minimum atomic E-state index is -0.431. The Bertz CT molecular complexity index is 935. The molecule has 0 aliphatic heterocycles. The largest absolute Gasteiger partial charge is 0.394 e. The number of ether oxygens (including phenoxy) is 8. The van der Waals surface area contributed by atoms with Gasteiger partial charge in [-0.15, -0.1) is 0 Å². The first kappa shape index (κ1) is 41.4. The van der Waals surface area contributed by atoms with Gasteiger partial charge in [0.1, 0.15) is 0 Å². The van der Waals surface area contributed by atoms with Crippen LogP contribution >= 0.6 is 15.9 Å². The van der Waals surface area contributed by atoms with Crippen LogP contribution in [0.2, 0.25) is 0 Å². The second kappa shape index (κ2) is 29.7. The summed E-state index contributed by atoms with van der Waals surface area (Å²) in [6.45, 7) is 7.74. The molecule has 0 bridgehead atoms. The Kier molecular flexibility index (Phi) is 26.8. The summed E-state index contributed by atoms with van der Waals surface area (Å²) in [5.41, 5.74) is 1.91. The van der Waals surface area contributed by atoms with E-state index in [2.05, 4.69) is 15.9 Å². The van der Waals surface area contributed by atoms with Gasteiger partial charge >= 0.3 is 0 Å². The van der Waals surface area contributed by atoms with E-state index in [-0.39, 0.29) is 18.0 Å². The Morgan fingerprint density at radius 1 is 0.478 bits per heavy atom. The van der Waals surface area contributed by atoms with E-state index in [4.69, 9.17) is 43.0 Å². The van der Waals surface area contributed by atoms with Gasteiger partial charge in [0.25, 0.3) is 11.4 Å². The molecule has 46 heavy (non-hydrogen) atoms. The smallest absolute Gasteiger partial charge is 0.269 e. The van der Waals surface area contributed by atoms with Crippen LogP contribution < -0.4 is 0 Å². The zero-order chi connectivity index (χ0) is 33.5. The number of hydrogen-bond acceptors (Lipinski definition) is 13. The van der Waals surface area contributed by atoms with Gasteiger partial charge in [-0.3, -0.25) is 20.2 Å². The van der Waals surface area contributed by atoms with Crippen molar-refractivity contribution in [1.82, 2.24) is 0 Å². The molecule has 0 heterocycles. The van der Waals surface area contributed by atoms with E-state index in [0.29, 0.717) is 106 Å². The van der Waals surface area contributed by atoms with Crippen LogP contribution in [0.15, 0.2) is 48.5 Å². The molecule has 0 fully saturated rings. The number of hydrogen-bond donors (Lipinski definition) is 1. The van der Waals surface area contributed by atoms with E-state index in [0.717, 1.165) is 16.5 Å². The third-order valence-electron chi connectivity index (χ3n) is 5.52. The lowest BCUT2D eigenvalue weighted by molar-refractivity contribution is -0.385. The molecular formula is C30H45BrN2O13. The van der Waals surface area contributed by atoms with Gasteiger partial charge in [0.15, 0.2) is 0 Å². The molecule has 0 radical (unpaired) electrons. The van der Waals surface area contributed by atoms with Crippen molar-refractivity contribution in [3.8, 4) is 0 Å². The first-order valence-electron chi connectivity index (χ1n) is 14.7. The predicted octanol–water partition coefficient (Wildman–Crippen LogP) is 3.71. The molecular weight excluding hydrogens is 676 g/mol. The first-order chi connectivity index (χ1) is 22.5. The van der Waals surface area contributed by atoms with E-state index in [9.17, 15) is 20.2 Å². The van der Waals surface area contributed by atoms with Gasteiger partial charge in [-0.05, 0) is 35.4 Å². The van der Waals surface area contributed by atoms with Crippen LogP contribution in [0.4, 0.5) is 11.4 Å². The lowest BCUT2D eigenvalue weighted by Crippen LogP contribution is -2.12. The Labute approximate surface area is 277 Å². The van der Waals surface area contributed by atoms with Crippen molar-refractivity contribution >= 4 is 27.3 Å². The quantitative estimate of drug-likeness (QED) is 0.0582. The molecule has 2 aromatic rings. The van der Waals surface area contributed by atoms with Crippen molar-refractivity contribution in [2.75, 3.05) is 104 Å². The summed E-state index contributed by atoms with van der Waals surface area (Å²) in [4.78, 5) is 20.2. The zero-order valence-electron chi connectivity index (χ0n) is 26.0. The first-order valence-corrected chi connectivity index (χ1v) is 15.9. The van der Waals surface area contributed by atoms with Gasteiger partial charge in [0.2, 0.25) is 0 Å². The molecule has 0 aliphatic rings. The number of nitro groups is 2. The summed E-state index contributed by atoms with van der Waals surface area (Å²) in [5, 5.41) is 30.4. The number of aliphatic hydroxyl groups is 1. The highest BCUT2D eigenvalue weighted by Gasteiger charge is 2.05. The molecule has 0 spiro atoms. The SMILES string of the molecule is O=[N+]([O-])c1ccc(COCCOCCOCCOCCBr)cc1.O=[N+]([O-])c1ccc(COCCOCCOCCOCCO)cc1. The number of nitrogens with zero attached hydrogens (tertiary/aromatic N) is 2. The summed E-state index contributed by atoms with van der Waals surface area (Å²) in [6, 6.07) is 12.6. The molecule has 0 unspecified atom stereocenters. The molecule has 0 atom stereocenters. The average Bonchev–Trinajstić information content (AvgIpc) is 3.06. The van der Waals surface area contributed by atoms with Crippen LogP contribution in [-0.2, 0) is 51.1 Å². The molecule has 0 saturated carbocycles. The molecule has 2 aromatic carbocycles. The van der Waals surface area contributed by atoms with Crippen molar-refractivity contribution in [2.24, 2.45) is 0 Å². The van der Waals surface area contributed by atoms with E-state index >= 15 is 0 Å². The fourth-order valence-electron chi connectivity index (χ4n) is 3.25. The molecule has 0 saturated heterocycles. The summed E-state index contributed by atoms with van der Waals surface area (Å²) in [5.74, 6) is 0. The minimum absolute atomic E-state index is 0.0169. The monoisotopic (exact) mass is 720 g/mol. The number of halogens is 1. The molecule has 0 amide bonds. The van der Waals surface area contributed by atoms with Crippen molar-refractivity contribution in [1.29, 1.82) is 0 Å². The number of benzene rings is 2. The topological polar surface area (TPSA) is 180 Å². The van der Waals surface area contributed by atoms with E-state index < -0.39 is 9.85 Å². The van der Waals surface area contributed by atoms with Gasteiger partial charge in [-0.2, -0.15) is 0 Å². The Hall–Kier alpha value is -2.64. The van der Waals surface area contributed by atoms with Crippen LogP contribution in [-0.4, -0.2) is 119 Å². The lowest BCUT2D eigenvalue weighted by atomic mass is 10.2. The van der Waals surface area contributed by atoms with Crippen molar-refractivity contribution in [3.05, 3.63) is 79.9 Å². The highest BCUT2D eigenvalue weighted by atomic mass is 79.9. The lowest BCUT2D eigenvalue weighted by Gasteiger charge is -2.07. The van der Waals surface area contributed by atoms with E-state index in [1.807, 2.05) is 0 Å². The molecule has 260 valence electrons. The summed E-state index contributed by atoms with van der Waals surface area (Å²) in [7, 11) is 0. The Balaban J connectivity index is 0.000000460. The highest BCUT2D eigenvalue weighted by molar-refractivity contribution is 9.09. The van der Waals surface area contributed by atoms with Crippen molar-refractivity contribution in [3.63, 3.8) is 0 Å². The fraction of sp³-hybridized carbons (Fsp3) is 0.600. The molecule has 16 heteroatoms. The third kappa shape index (κ3) is 23.7. The molecule has 1 N–H and O–H groups in total. The van der Waals surface area contributed by atoms with E-state index in [1.165, 1.54) is 24.3 Å². The van der Waals surface area contributed by atoms with Crippen LogP contribution in [0.3, 0.4) is 0 Å². The number of aliphatic hydroxyl groups excluding tert-OH is 1. The fourth-order valence-corrected chi connectivity index (χ4v) is 3.48. The average molecular weight is 722 g/mol. The van der Waals surface area contributed by atoms with Gasteiger partial charge in [0, 0.05) is 29.6 Å². The zero-order valence-corrected chi connectivity index (χ0v) is 27.6. The Morgan fingerprint density at radius 2 is 0.761 bits per heavy atom. The number of rotatable bonds is 28. The maximum Gasteiger partial charge on any atom is 0.269 e. The maximum absolute atomic E-state index is 10.5. The standard InChI is InChI=1S/C15H22BrNO6.C15H23NO7/c16-5-6-20-7-8-21-9-10-22-11-12-23-13-14-1-3-15(4-2-14)17(18)19;17-5-6-20-7-8-21-9-10-22-11-12-23-13-14-1-3-15(4-2-14)16(18)19/h1-4H,5-13H2;1-4,17H,5-13H2. The second-order valence-electron chi connectivity index (χ2n) is 9.04. The number of non-ortho nitro benzene ring substituents is 2. The van der Waals surface area contributed by atoms with Crippen LogP contribution in [0.1, 0.15) is 11.1 Å². The normalized spacial score (nSPS) is 10.8. The molecule has 15 nitrogen and oxygen atoms in total. The van der Waals surface area contributed by atoms with Gasteiger partial charge in [-0.1, -0.05) is 15.9 Å². The minimum Gasteiger partial charge on any atom is -0.394 e. The molecule has 0 aromatic heterocycles. The van der Waals surface area contributed by atoms with Gasteiger partial charge in [-0.25, -0.2) is 0 Å².